The standard InChI is InChI=1S/C14H29NS/c1-6-12(7-2)11(3)15-13-10-16-9-8-14(13,4)5/h11-13,15H,6-10H2,1-5H3. The lowest BCUT2D eigenvalue weighted by molar-refractivity contribution is 0.207. The van der Waals surface area contributed by atoms with Gasteiger partial charge in [0.15, 0.2) is 0 Å². The number of hydrogen-bond acceptors (Lipinski definition) is 2. The normalized spacial score (nSPS) is 27.0. The molecule has 1 nitrogen and oxygen atoms in total. The maximum atomic E-state index is 3.89. The van der Waals surface area contributed by atoms with Crippen molar-refractivity contribution in [3.63, 3.8) is 0 Å². The van der Waals surface area contributed by atoms with E-state index < -0.39 is 0 Å². The Hall–Kier alpha value is 0.310. The molecule has 1 N–H and O–H groups in total. The molecule has 0 aromatic carbocycles. The van der Waals surface area contributed by atoms with Crippen molar-refractivity contribution in [2.24, 2.45) is 11.3 Å². The van der Waals surface area contributed by atoms with Crippen LogP contribution in [0.5, 0.6) is 0 Å². The fourth-order valence-corrected chi connectivity index (χ4v) is 4.28. The third-order valence-electron chi connectivity index (χ3n) is 4.34. The van der Waals surface area contributed by atoms with Gasteiger partial charge in [-0.2, -0.15) is 11.8 Å². The van der Waals surface area contributed by atoms with Gasteiger partial charge in [-0.05, 0) is 30.4 Å². The highest BCUT2D eigenvalue weighted by molar-refractivity contribution is 7.99. The van der Waals surface area contributed by atoms with E-state index in [-0.39, 0.29) is 0 Å². The highest BCUT2D eigenvalue weighted by atomic mass is 32.2. The van der Waals surface area contributed by atoms with Crippen molar-refractivity contribution in [3.8, 4) is 0 Å². The van der Waals surface area contributed by atoms with Crippen LogP contribution in [0, 0.1) is 11.3 Å². The van der Waals surface area contributed by atoms with Gasteiger partial charge in [0, 0.05) is 17.8 Å². The first kappa shape index (κ1) is 14.4. The van der Waals surface area contributed by atoms with E-state index in [9.17, 15) is 0 Å². The SMILES string of the molecule is CCC(CC)C(C)NC1CSCCC1(C)C. The van der Waals surface area contributed by atoms with Crippen LogP contribution in [0.25, 0.3) is 0 Å². The average Bonchev–Trinajstić information content (AvgIpc) is 2.23. The smallest absolute Gasteiger partial charge is 0.0212 e. The Balaban J connectivity index is 2.51. The molecule has 1 heterocycles. The van der Waals surface area contributed by atoms with Crippen molar-refractivity contribution < 1.29 is 0 Å². The zero-order valence-corrected chi connectivity index (χ0v) is 12.5. The summed E-state index contributed by atoms with van der Waals surface area (Å²) in [5.74, 6) is 3.46. The molecule has 2 unspecified atom stereocenters. The van der Waals surface area contributed by atoms with Crippen LogP contribution in [0.4, 0.5) is 0 Å². The van der Waals surface area contributed by atoms with Crippen LogP contribution in [0.2, 0.25) is 0 Å². The zero-order valence-electron chi connectivity index (χ0n) is 11.7. The second-order valence-corrected chi connectivity index (χ2v) is 7.05. The Morgan fingerprint density at radius 3 is 2.44 bits per heavy atom. The summed E-state index contributed by atoms with van der Waals surface area (Å²) in [7, 11) is 0. The minimum absolute atomic E-state index is 0.478. The Labute approximate surface area is 106 Å². The number of thioether (sulfide) groups is 1. The van der Waals surface area contributed by atoms with Crippen LogP contribution >= 0.6 is 11.8 Å². The molecule has 2 atom stereocenters. The first-order valence-electron chi connectivity index (χ1n) is 6.85. The van der Waals surface area contributed by atoms with Gasteiger partial charge in [0.05, 0.1) is 0 Å². The summed E-state index contributed by atoms with van der Waals surface area (Å²) in [6.45, 7) is 11.8. The van der Waals surface area contributed by atoms with Gasteiger partial charge in [-0.1, -0.05) is 40.5 Å². The summed E-state index contributed by atoms with van der Waals surface area (Å²) in [6, 6.07) is 1.36. The van der Waals surface area contributed by atoms with E-state index in [0.29, 0.717) is 17.5 Å². The number of hydrogen-bond donors (Lipinski definition) is 1. The van der Waals surface area contributed by atoms with E-state index in [1.807, 2.05) is 0 Å². The van der Waals surface area contributed by atoms with Crippen molar-refractivity contribution in [1.82, 2.24) is 5.32 Å². The number of rotatable bonds is 5. The molecule has 0 radical (unpaired) electrons. The van der Waals surface area contributed by atoms with E-state index in [4.69, 9.17) is 0 Å². The van der Waals surface area contributed by atoms with E-state index in [2.05, 4.69) is 51.7 Å². The second-order valence-electron chi connectivity index (χ2n) is 5.90. The third kappa shape index (κ3) is 3.66. The minimum Gasteiger partial charge on any atom is -0.310 e. The highest BCUT2D eigenvalue weighted by Crippen LogP contribution is 2.34. The van der Waals surface area contributed by atoms with Gasteiger partial charge in [-0.3, -0.25) is 0 Å². The van der Waals surface area contributed by atoms with Gasteiger partial charge in [0.1, 0.15) is 0 Å². The Morgan fingerprint density at radius 1 is 1.31 bits per heavy atom. The van der Waals surface area contributed by atoms with Crippen molar-refractivity contribution >= 4 is 11.8 Å². The van der Waals surface area contributed by atoms with E-state index in [1.165, 1.54) is 30.8 Å². The average molecular weight is 243 g/mol. The fraction of sp³-hybridized carbons (Fsp3) is 1.00. The quantitative estimate of drug-likeness (QED) is 0.785. The van der Waals surface area contributed by atoms with Gasteiger partial charge in [-0.25, -0.2) is 0 Å². The van der Waals surface area contributed by atoms with Crippen LogP contribution in [0.1, 0.15) is 53.9 Å². The summed E-state index contributed by atoms with van der Waals surface area (Å²) in [6.07, 6.45) is 3.95. The van der Waals surface area contributed by atoms with Gasteiger partial charge < -0.3 is 5.32 Å². The van der Waals surface area contributed by atoms with Gasteiger partial charge in [0.2, 0.25) is 0 Å². The molecule has 0 amide bonds. The lowest BCUT2D eigenvalue weighted by Crippen LogP contribution is -2.51. The molecule has 0 spiro atoms. The molecule has 96 valence electrons. The molecule has 0 aromatic rings. The van der Waals surface area contributed by atoms with Crippen molar-refractivity contribution in [1.29, 1.82) is 0 Å². The summed E-state index contributed by atoms with van der Waals surface area (Å²) in [5, 5.41) is 3.89. The molecular formula is C14H29NS. The van der Waals surface area contributed by atoms with Crippen LogP contribution < -0.4 is 5.32 Å². The first-order valence-corrected chi connectivity index (χ1v) is 8.00. The number of nitrogens with one attached hydrogen (secondary N) is 1. The van der Waals surface area contributed by atoms with Crippen LogP contribution in [0.15, 0.2) is 0 Å². The zero-order chi connectivity index (χ0) is 12.2. The molecular weight excluding hydrogens is 214 g/mol. The molecule has 1 saturated heterocycles. The van der Waals surface area contributed by atoms with Gasteiger partial charge in [-0.15, -0.1) is 0 Å². The molecule has 0 saturated carbocycles. The molecule has 1 aliphatic rings. The van der Waals surface area contributed by atoms with E-state index in [0.717, 1.165) is 5.92 Å². The minimum atomic E-state index is 0.478. The second kappa shape index (κ2) is 6.30. The molecule has 0 aromatic heterocycles. The predicted molar refractivity (Wildman–Crippen MR) is 76.2 cm³/mol. The van der Waals surface area contributed by atoms with Crippen LogP contribution in [0.3, 0.4) is 0 Å². The van der Waals surface area contributed by atoms with Crippen molar-refractivity contribution in [2.45, 2.75) is 66.0 Å². The summed E-state index contributed by atoms with van der Waals surface area (Å²) in [4.78, 5) is 0. The van der Waals surface area contributed by atoms with E-state index >= 15 is 0 Å². The summed E-state index contributed by atoms with van der Waals surface area (Å²) in [5.41, 5.74) is 0.478. The maximum Gasteiger partial charge on any atom is 0.0212 e. The van der Waals surface area contributed by atoms with Crippen LogP contribution in [-0.4, -0.2) is 23.6 Å². The Kier molecular flexibility index (Phi) is 5.66. The molecule has 0 aliphatic carbocycles. The molecule has 1 fully saturated rings. The topological polar surface area (TPSA) is 12.0 Å². The lowest BCUT2D eigenvalue weighted by Gasteiger charge is -2.41. The largest absolute Gasteiger partial charge is 0.310 e. The first-order chi connectivity index (χ1) is 7.51. The molecule has 1 rings (SSSR count). The molecule has 0 bridgehead atoms. The maximum absolute atomic E-state index is 3.89. The summed E-state index contributed by atoms with van der Waals surface area (Å²) < 4.78 is 0. The Bertz CT molecular complexity index is 199. The predicted octanol–water partition coefficient (Wildman–Crippen LogP) is 3.93. The molecule has 2 heteroatoms. The van der Waals surface area contributed by atoms with Crippen LogP contribution in [-0.2, 0) is 0 Å². The van der Waals surface area contributed by atoms with Crippen molar-refractivity contribution in [3.05, 3.63) is 0 Å². The third-order valence-corrected chi connectivity index (χ3v) is 5.40. The highest BCUT2D eigenvalue weighted by Gasteiger charge is 2.33. The summed E-state index contributed by atoms with van der Waals surface area (Å²) >= 11 is 2.11. The van der Waals surface area contributed by atoms with Crippen molar-refractivity contribution in [2.75, 3.05) is 11.5 Å². The molecule has 1 aliphatic heterocycles. The van der Waals surface area contributed by atoms with E-state index in [1.54, 1.807) is 0 Å². The van der Waals surface area contributed by atoms with Gasteiger partial charge >= 0.3 is 0 Å². The fourth-order valence-electron chi connectivity index (χ4n) is 2.66. The molecule has 16 heavy (non-hydrogen) atoms. The lowest BCUT2D eigenvalue weighted by atomic mass is 9.81. The monoisotopic (exact) mass is 243 g/mol. The Morgan fingerprint density at radius 2 is 1.94 bits per heavy atom. The van der Waals surface area contributed by atoms with Gasteiger partial charge in [0.25, 0.3) is 0 Å².